The van der Waals surface area contributed by atoms with Crippen molar-refractivity contribution in [3.8, 4) is 17.3 Å². The van der Waals surface area contributed by atoms with Gasteiger partial charge in [0.25, 0.3) is 5.69 Å². The summed E-state index contributed by atoms with van der Waals surface area (Å²) in [5.74, 6) is -0.349. The molecule has 0 atom stereocenters. The summed E-state index contributed by atoms with van der Waals surface area (Å²) in [6, 6.07) is 14.0. The number of nitro groups is 1. The average Bonchev–Trinajstić information content (AvgIpc) is 3.11. The molecule has 3 rings (SSSR count). The van der Waals surface area contributed by atoms with Crippen LogP contribution in [0.5, 0.6) is 0 Å². The smallest absolute Gasteiger partial charge is 0.258 e. The number of halogens is 1. The van der Waals surface area contributed by atoms with Crippen molar-refractivity contribution in [1.82, 2.24) is 4.98 Å². The van der Waals surface area contributed by atoms with E-state index in [4.69, 9.17) is 0 Å². The Morgan fingerprint density at radius 1 is 1.28 bits per heavy atom. The summed E-state index contributed by atoms with van der Waals surface area (Å²) < 4.78 is 13.0. The standard InChI is InChI=1S/C18H10FN3O2S/c19-15-6-4-12(5-7-15)8-14(10-20)18-21-17(11-25-18)13-2-1-3-16(9-13)22(23)24/h1-9,11H/b14-8+. The Balaban J connectivity index is 1.94. The molecule has 122 valence electrons. The number of hydrogen-bond acceptors (Lipinski definition) is 5. The summed E-state index contributed by atoms with van der Waals surface area (Å²) in [6.45, 7) is 0. The molecule has 0 saturated heterocycles. The zero-order chi connectivity index (χ0) is 17.8. The van der Waals surface area contributed by atoms with E-state index in [-0.39, 0.29) is 11.5 Å². The van der Waals surface area contributed by atoms with E-state index in [0.717, 1.165) is 0 Å². The fraction of sp³-hybridized carbons (Fsp3) is 0. The zero-order valence-corrected chi connectivity index (χ0v) is 13.5. The van der Waals surface area contributed by atoms with Crippen molar-refractivity contribution in [2.24, 2.45) is 0 Å². The molecule has 0 spiro atoms. The molecule has 0 aliphatic heterocycles. The van der Waals surface area contributed by atoms with E-state index in [1.165, 1.54) is 35.6 Å². The van der Waals surface area contributed by atoms with Gasteiger partial charge in [0, 0.05) is 23.1 Å². The zero-order valence-electron chi connectivity index (χ0n) is 12.7. The van der Waals surface area contributed by atoms with E-state index in [2.05, 4.69) is 11.1 Å². The summed E-state index contributed by atoms with van der Waals surface area (Å²) in [5.41, 5.74) is 2.17. The molecule has 0 radical (unpaired) electrons. The Morgan fingerprint density at radius 3 is 2.72 bits per heavy atom. The van der Waals surface area contributed by atoms with Crippen LogP contribution in [-0.4, -0.2) is 9.91 Å². The second kappa shape index (κ2) is 7.03. The van der Waals surface area contributed by atoms with E-state index >= 15 is 0 Å². The van der Waals surface area contributed by atoms with Gasteiger partial charge in [-0.25, -0.2) is 9.37 Å². The third-order valence-electron chi connectivity index (χ3n) is 3.39. The molecule has 1 aromatic heterocycles. The lowest BCUT2D eigenvalue weighted by atomic mass is 10.1. The maximum absolute atomic E-state index is 13.0. The molecule has 0 saturated carbocycles. The fourth-order valence-electron chi connectivity index (χ4n) is 2.18. The topological polar surface area (TPSA) is 79.8 Å². The highest BCUT2D eigenvalue weighted by Gasteiger charge is 2.12. The molecular formula is C18H10FN3O2S. The van der Waals surface area contributed by atoms with E-state index < -0.39 is 4.92 Å². The maximum atomic E-state index is 13.0. The van der Waals surface area contributed by atoms with E-state index in [9.17, 15) is 19.8 Å². The number of thiazole rings is 1. The van der Waals surface area contributed by atoms with Crippen LogP contribution in [-0.2, 0) is 0 Å². The van der Waals surface area contributed by atoms with Gasteiger partial charge in [-0.1, -0.05) is 24.3 Å². The number of benzene rings is 2. The molecule has 5 nitrogen and oxygen atoms in total. The summed E-state index contributed by atoms with van der Waals surface area (Å²) in [4.78, 5) is 14.8. The highest BCUT2D eigenvalue weighted by molar-refractivity contribution is 7.11. The minimum Gasteiger partial charge on any atom is -0.258 e. The highest BCUT2D eigenvalue weighted by Crippen LogP contribution is 2.29. The first-order valence-corrected chi connectivity index (χ1v) is 8.03. The first-order valence-electron chi connectivity index (χ1n) is 7.15. The van der Waals surface area contributed by atoms with Gasteiger partial charge >= 0.3 is 0 Å². The SMILES string of the molecule is N#C/C(=C\c1ccc(F)cc1)c1nc(-c2cccc([N+](=O)[O-])c2)cs1. The molecule has 25 heavy (non-hydrogen) atoms. The number of rotatable bonds is 4. The second-order valence-electron chi connectivity index (χ2n) is 5.07. The molecule has 0 aliphatic rings. The van der Waals surface area contributed by atoms with E-state index in [1.807, 2.05) is 0 Å². The van der Waals surface area contributed by atoms with Crippen LogP contribution in [0.15, 0.2) is 53.9 Å². The van der Waals surface area contributed by atoms with Crippen LogP contribution in [0.25, 0.3) is 22.9 Å². The molecule has 0 fully saturated rings. The summed E-state index contributed by atoms with van der Waals surface area (Å²) in [6.07, 6.45) is 1.62. The molecule has 0 N–H and O–H groups in total. The number of non-ortho nitro benzene ring substituents is 1. The Hall–Kier alpha value is -3.37. The highest BCUT2D eigenvalue weighted by atomic mass is 32.1. The molecule has 7 heteroatoms. The van der Waals surface area contributed by atoms with Crippen molar-refractivity contribution in [3.05, 3.63) is 80.4 Å². The minimum atomic E-state index is -0.466. The van der Waals surface area contributed by atoms with E-state index in [1.54, 1.807) is 35.7 Å². The van der Waals surface area contributed by atoms with Gasteiger partial charge in [0.05, 0.1) is 16.2 Å². The van der Waals surface area contributed by atoms with Crippen LogP contribution < -0.4 is 0 Å². The summed E-state index contributed by atoms with van der Waals surface area (Å²) in [5, 5.41) is 22.5. The van der Waals surface area contributed by atoms with Crippen molar-refractivity contribution < 1.29 is 9.31 Å². The van der Waals surface area contributed by atoms with Gasteiger partial charge in [-0.3, -0.25) is 10.1 Å². The van der Waals surface area contributed by atoms with Crippen LogP contribution in [0.1, 0.15) is 10.6 Å². The van der Waals surface area contributed by atoms with Crippen LogP contribution in [0.4, 0.5) is 10.1 Å². The van der Waals surface area contributed by atoms with E-state index in [0.29, 0.717) is 27.4 Å². The van der Waals surface area contributed by atoms with Crippen LogP contribution >= 0.6 is 11.3 Å². The van der Waals surface area contributed by atoms with Gasteiger partial charge in [-0.15, -0.1) is 11.3 Å². The third kappa shape index (κ3) is 3.76. The first kappa shape index (κ1) is 16.5. The normalized spacial score (nSPS) is 11.1. The van der Waals surface area contributed by atoms with Crippen LogP contribution in [0.3, 0.4) is 0 Å². The predicted octanol–water partition coefficient (Wildman–Crippen LogP) is 4.92. The van der Waals surface area contributed by atoms with Crippen molar-refractivity contribution in [3.63, 3.8) is 0 Å². The Labute approximate surface area is 146 Å². The van der Waals surface area contributed by atoms with Gasteiger partial charge < -0.3 is 0 Å². The van der Waals surface area contributed by atoms with Crippen molar-refractivity contribution in [2.45, 2.75) is 0 Å². The lowest BCUT2D eigenvalue weighted by Crippen LogP contribution is -1.88. The maximum Gasteiger partial charge on any atom is 0.270 e. The Morgan fingerprint density at radius 2 is 2.04 bits per heavy atom. The van der Waals surface area contributed by atoms with Gasteiger partial charge in [-0.05, 0) is 23.8 Å². The fourth-order valence-corrected chi connectivity index (χ4v) is 2.97. The minimum absolute atomic E-state index is 0.0191. The Kier molecular flexibility index (Phi) is 4.64. The van der Waals surface area contributed by atoms with Gasteiger partial charge in [0.1, 0.15) is 16.9 Å². The number of hydrogen-bond donors (Lipinski definition) is 0. The second-order valence-corrected chi connectivity index (χ2v) is 5.92. The quantitative estimate of drug-likeness (QED) is 0.379. The molecule has 2 aromatic carbocycles. The average molecular weight is 351 g/mol. The number of nitriles is 1. The number of nitro benzene ring substituents is 1. The number of aromatic nitrogens is 1. The molecule has 0 aliphatic carbocycles. The van der Waals surface area contributed by atoms with Crippen molar-refractivity contribution in [2.75, 3.05) is 0 Å². The number of allylic oxidation sites excluding steroid dienone is 1. The van der Waals surface area contributed by atoms with Crippen LogP contribution in [0.2, 0.25) is 0 Å². The first-order chi connectivity index (χ1) is 12.1. The molecule has 3 aromatic rings. The lowest BCUT2D eigenvalue weighted by Gasteiger charge is -1.97. The largest absolute Gasteiger partial charge is 0.270 e. The summed E-state index contributed by atoms with van der Waals surface area (Å²) >= 11 is 1.27. The van der Waals surface area contributed by atoms with Gasteiger partial charge in [-0.2, -0.15) is 5.26 Å². The monoisotopic (exact) mass is 351 g/mol. The predicted molar refractivity (Wildman–Crippen MR) is 94.1 cm³/mol. The summed E-state index contributed by atoms with van der Waals surface area (Å²) in [7, 11) is 0. The number of nitrogens with zero attached hydrogens (tertiary/aromatic N) is 3. The van der Waals surface area contributed by atoms with Crippen molar-refractivity contribution in [1.29, 1.82) is 5.26 Å². The molecule has 0 amide bonds. The molecule has 0 unspecified atom stereocenters. The Bertz CT molecular complexity index is 1000. The molecular weight excluding hydrogens is 341 g/mol. The lowest BCUT2D eigenvalue weighted by molar-refractivity contribution is -0.384. The van der Waals surface area contributed by atoms with Gasteiger partial charge in [0.2, 0.25) is 0 Å². The molecule has 1 heterocycles. The van der Waals surface area contributed by atoms with Gasteiger partial charge in [0.15, 0.2) is 0 Å². The third-order valence-corrected chi connectivity index (χ3v) is 4.26. The van der Waals surface area contributed by atoms with Crippen molar-refractivity contribution >= 4 is 28.7 Å². The molecule has 0 bridgehead atoms. The van der Waals surface area contributed by atoms with Crippen LogP contribution in [0, 0.1) is 27.3 Å².